The van der Waals surface area contributed by atoms with Crippen LogP contribution in [0.1, 0.15) is 41.0 Å². The van der Waals surface area contributed by atoms with Gasteiger partial charge in [0.2, 0.25) is 0 Å². The van der Waals surface area contributed by atoms with Crippen molar-refractivity contribution in [2.24, 2.45) is 0 Å². The highest BCUT2D eigenvalue weighted by Crippen LogP contribution is 2.29. The van der Waals surface area contributed by atoms with Gasteiger partial charge in [-0.25, -0.2) is 4.98 Å². The zero-order valence-corrected chi connectivity index (χ0v) is 17.3. The number of hydrogen-bond acceptors (Lipinski definition) is 5. The number of nitrogens with two attached hydrogens (primary N) is 1. The Bertz CT molecular complexity index is 1100. The Balaban J connectivity index is 1.94. The van der Waals surface area contributed by atoms with Gasteiger partial charge >= 0.3 is 6.18 Å². The number of fused-ring (bicyclic) bond motifs is 1. The van der Waals surface area contributed by atoms with Gasteiger partial charge in [-0.05, 0) is 62.7 Å². The highest BCUT2D eigenvalue weighted by atomic mass is 19.4. The number of rotatable bonds is 5. The van der Waals surface area contributed by atoms with Crippen molar-refractivity contribution in [3.8, 4) is 0 Å². The quantitative estimate of drug-likeness (QED) is 0.637. The van der Waals surface area contributed by atoms with E-state index in [0.29, 0.717) is 16.9 Å². The maximum absolute atomic E-state index is 13.3. The highest BCUT2D eigenvalue weighted by Gasteiger charge is 2.31. The van der Waals surface area contributed by atoms with E-state index in [0.717, 1.165) is 23.2 Å². The van der Waals surface area contributed by atoms with Crippen LogP contribution in [0.5, 0.6) is 0 Å². The third kappa shape index (κ3) is 4.93. The van der Waals surface area contributed by atoms with Gasteiger partial charge in [-0.3, -0.25) is 9.78 Å². The molecule has 0 radical (unpaired) electrons. The number of alkyl halides is 3. The number of aromatic nitrogens is 2. The number of hydrogen-bond donors (Lipinski definition) is 2. The molecule has 2 unspecified atom stereocenters. The second-order valence-corrected chi connectivity index (χ2v) is 7.55. The van der Waals surface area contributed by atoms with Gasteiger partial charge in [-0.2, -0.15) is 13.2 Å². The van der Waals surface area contributed by atoms with Crippen molar-refractivity contribution in [1.29, 1.82) is 0 Å². The molecular formula is C22H23F3N4O2. The fraction of sp³-hybridized carbons (Fsp3) is 0.318. The Hall–Kier alpha value is -3.20. The summed E-state index contributed by atoms with van der Waals surface area (Å²) in [4.78, 5) is 22.8. The molecule has 9 heteroatoms. The maximum Gasteiger partial charge on any atom is 0.417 e. The second kappa shape index (κ2) is 8.50. The van der Waals surface area contributed by atoms with E-state index in [1.165, 1.54) is 11.0 Å². The summed E-state index contributed by atoms with van der Waals surface area (Å²) in [5.74, 6) is 0.0239. The van der Waals surface area contributed by atoms with Crippen LogP contribution >= 0.6 is 0 Å². The molecule has 164 valence electrons. The summed E-state index contributed by atoms with van der Waals surface area (Å²) in [6.45, 7) is 4.97. The van der Waals surface area contributed by atoms with Crippen LogP contribution < -0.4 is 5.73 Å². The topological polar surface area (TPSA) is 92.3 Å². The number of amides is 1. The lowest BCUT2D eigenvalue weighted by atomic mass is 10.1. The van der Waals surface area contributed by atoms with E-state index in [1.54, 1.807) is 32.0 Å². The molecule has 2 atom stereocenters. The molecule has 2 aromatic heterocycles. The summed E-state index contributed by atoms with van der Waals surface area (Å²) in [5, 5.41) is 10.8. The first kappa shape index (κ1) is 22.5. The molecule has 0 fully saturated rings. The molecule has 0 aliphatic carbocycles. The number of carbonyl (C=O) groups excluding carboxylic acids is 1. The van der Waals surface area contributed by atoms with Gasteiger partial charge in [-0.1, -0.05) is 0 Å². The third-order valence-corrected chi connectivity index (χ3v) is 5.23. The molecule has 0 bridgehead atoms. The molecule has 3 aromatic rings. The van der Waals surface area contributed by atoms with Crippen LogP contribution in [-0.2, 0) is 12.7 Å². The Kier molecular flexibility index (Phi) is 6.17. The second-order valence-electron chi connectivity index (χ2n) is 7.55. The average Bonchev–Trinajstić information content (AvgIpc) is 2.71. The Morgan fingerprint density at radius 2 is 1.90 bits per heavy atom. The minimum atomic E-state index is -4.49. The number of aryl methyl sites for hydroxylation is 1. The molecule has 3 rings (SSSR count). The van der Waals surface area contributed by atoms with E-state index in [1.807, 2.05) is 13.0 Å². The lowest BCUT2D eigenvalue weighted by molar-refractivity contribution is -0.137. The predicted octanol–water partition coefficient (Wildman–Crippen LogP) is 3.95. The van der Waals surface area contributed by atoms with Crippen LogP contribution in [-0.4, -0.2) is 38.0 Å². The third-order valence-electron chi connectivity index (χ3n) is 5.23. The summed E-state index contributed by atoms with van der Waals surface area (Å²) < 4.78 is 38.4. The number of carbonyl (C=O) groups is 1. The molecule has 0 aliphatic heterocycles. The monoisotopic (exact) mass is 432 g/mol. The highest BCUT2D eigenvalue weighted by molar-refractivity contribution is 5.98. The number of benzene rings is 1. The van der Waals surface area contributed by atoms with Crippen LogP contribution in [0.3, 0.4) is 0 Å². The van der Waals surface area contributed by atoms with Crippen LogP contribution in [0.4, 0.5) is 19.0 Å². The molecule has 2 heterocycles. The number of halogens is 3. The Labute approximate surface area is 177 Å². The number of aliphatic hydroxyl groups is 1. The van der Waals surface area contributed by atoms with E-state index in [2.05, 4.69) is 9.97 Å². The molecule has 3 N–H and O–H groups in total. The maximum atomic E-state index is 13.3. The molecule has 6 nitrogen and oxygen atoms in total. The van der Waals surface area contributed by atoms with Gasteiger partial charge in [-0.15, -0.1) is 0 Å². The van der Waals surface area contributed by atoms with Gasteiger partial charge in [0.25, 0.3) is 5.91 Å². The smallest absolute Gasteiger partial charge is 0.391 e. The van der Waals surface area contributed by atoms with E-state index >= 15 is 0 Å². The zero-order valence-electron chi connectivity index (χ0n) is 17.3. The average molecular weight is 432 g/mol. The molecule has 31 heavy (non-hydrogen) atoms. The predicted molar refractivity (Wildman–Crippen MR) is 111 cm³/mol. The van der Waals surface area contributed by atoms with Crippen molar-refractivity contribution >= 4 is 22.6 Å². The summed E-state index contributed by atoms with van der Waals surface area (Å²) in [6, 6.07) is 8.35. The molecule has 0 aliphatic rings. The Morgan fingerprint density at radius 3 is 2.48 bits per heavy atom. The summed E-state index contributed by atoms with van der Waals surface area (Å²) >= 11 is 0. The fourth-order valence-electron chi connectivity index (χ4n) is 3.12. The molecule has 1 amide bonds. The van der Waals surface area contributed by atoms with Crippen LogP contribution in [0.2, 0.25) is 0 Å². The minimum absolute atomic E-state index is 0.0555. The first-order valence-electron chi connectivity index (χ1n) is 9.65. The van der Waals surface area contributed by atoms with Gasteiger partial charge in [0.05, 0.1) is 35.5 Å². The van der Waals surface area contributed by atoms with Crippen molar-refractivity contribution < 1.29 is 23.1 Å². The number of nitrogen functional groups attached to an aromatic ring is 1. The van der Waals surface area contributed by atoms with Gasteiger partial charge in [0, 0.05) is 17.1 Å². The summed E-state index contributed by atoms with van der Waals surface area (Å²) in [5.41, 5.74) is 7.02. The van der Waals surface area contributed by atoms with E-state index < -0.39 is 23.9 Å². The van der Waals surface area contributed by atoms with Gasteiger partial charge in [0.15, 0.2) is 0 Å². The van der Waals surface area contributed by atoms with E-state index in [4.69, 9.17) is 5.73 Å². The van der Waals surface area contributed by atoms with Crippen molar-refractivity contribution in [3.63, 3.8) is 0 Å². The first-order valence-corrected chi connectivity index (χ1v) is 9.65. The number of anilines is 1. The minimum Gasteiger partial charge on any atom is -0.391 e. The fourth-order valence-corrected chi connectivity index (χ4v) is 3.12. The molecule has 1 aromatic carbocycles. The first-order chi connectivity index (χ1) is 14.5. The molecule has 0 saturated carbocycles. The van der Waals surface area contributed by atoms with Gasteiger partial charge < -0.3 is 15.7 Å². The normalized spacial score (nSPS) is 13.8. The van der Waals surface area contributed by atoms with Gasteiger partial charge in [0.1, 0.15) is 5.82 Å². The molecular weight excluding hydrogens is 409 g/mol. The number of aliphatic hydroxyl groups excluding tert-OH is 1. The number of nitrogens with zero attached hydrogens (tertiary/aromatic N) is 3. The van der Waals surface area contributed by atoms with Crippen molar-refractivity contribution in [2.45, 2.75) is 45.6 Å². The van der Waals surface area contributed by atoms with E-state index in [-0.39, 0.29) is 18.1 Å². The lowest BCUT2D eigenvalue weighted by Gasteiger charge is -2.31. The molecule has 0 saturated heterocycles. The molecule has 0 spiro atoms. The van der Waals surface area contributed by atoms with E-state index in [9.17, 15) is 23.1 Å². The zero-order chi connectivity index (χ0) is 22.9. The lowest BCUT2D eigenvalue weighted by Crippen LogP contribution is -2.44. The van der Waals surface area contributed by atoms with Crippen molar-refractivity contribution in [1.82, 2.24) is 14.9 Å². The Morgan fingerprint density at radius 1 is 1.19 bits per heavy atom. The van der Waals surface area contributed by atoms with Crippen molar-refractivity contribution in [3.05, 3.63) is 65.0 Å². The standard InChI is InChI=1S/C22H23F3N4O2/c1-12-8-16-9-15(4-7-19(16)28-20(12)26)21(31)29(13(2)14(3)30)11-18-6-5-17(10-27-18)22(23,24)25/h4-10,13-14,30H,11H2,1-3H3,(H2,26,28). The van der Waals surface area contributed by atoms with Crippen LogP contribution in [0, 0.1) is 6.92 Å². The van der Waals surface area contributed by atoms with Crippen LogP contribution in [0.15, 0.2) is 42.6 Å². The SMILES string of the molecule is Cc1cc2cc(C(=O)N(Cc3ccc(C(F)(F)F)cn3)C(C)C(C)O)ccc2nc1N. The van der Waals surface area contributed by atoms with Crippen molar-refractivity contribution in [2.75, 3.05) is 5.73 Å². The summed E-state index contributed by atoms with van der Waals surface area (Å²) in [7, 11) is 0. The summed E-state index contributed by atoms with van der Waals surface area (Å²) in [6.07, 6.45) is -4.61. The largest absolute Gasteiger partial charge is 0.417 e. The number of pyridine rings is 2. The van der Waals surface area contributed by atoms with Crippen LogP contribution in [0.25, 0.3) is 10.9 Å².